The Labute approximate surface area is 104 Å². The highest BCUT2D eigenvalue weighted by Gasteiger charge is 2.17. The van der Waals surface area contributed by atoms with Gasteiger partial charge in [-0.05, 0) is 24.3 Å². The number of rotatable bonds is 0. The lowest BCUT2D eigenvalue weighted by molar-refractivity contribution is -0.790. The second-order valence-corrected chi connectivity index (χ2v) is 4.51. The van der Waals surface area contributed by atoms with Crippen molar-refractivity contribution in [3.63, 3.8) is 0 Å². The molecule has 2 N–H and O–H groups in total. The number of benzene rings is 2. The predicted molar refractivity (Wildman–Crippen MR) is 68.9 cm³/mol. The van der Waals surface area contributed by atoms with Gasteiger partial charge < -0.3 is 15.6 Å². The Morgan fingerprint density at radius 2 is 1.94 bits per heavy atom. The van der Waals surface area contributed by atoms with E-state index in [4.69, 9.17) is 11.6 Å². The number of hydrogen-bond acceptors (Lipinski definition) is 2. The van der Waals surface area contributed by atoms with E-state index in [9.17, 15) is 5.21 Å². The average molecular weight is 247 g/mol. The third-order valence-corrected chi connectivity index (χ3v) is 3.15. The minimum atomic E-state index is 0.120. The molecule has 0 saturated carbocycles. The van der Waals surface area contributed by atoms with E-state index >= 15 is 0 Å². The van der Waals surface area contributed by atoms with Crippen molar-refractivity contribution in [1.29, 1.82) is 0 Å². The molecular weight excluding hydrogens is 236 g/mol. The highest BCUT2D eigenvalue weighted by Crippen LogP contribution is 2.29. The van der Waals surface area contributed by atoms with Crippen molar-refractivity contribution < 1.29 is 5.06 Å². The molecule has 3 rings (SSSR count). The summed E-state index contributed by atoms with van der Waals surface area (Å²) < 4.78 is 0. The molecule has 1 aliphatic heterocycles. The number of para-hydroxylation sites is 2. The Morgan fingerprint density at radius 1 is 1.12 bits per heavy atom. The number of nitrogens with one attached hydrogen (secondary N) is 2. The van der Waals surface area contributed by atoms with Crippen molar-refractivity contribution in [1.82, 2.24) is 0 Å². The summed E-state index contributed by atoms with van der Waals surface area (Å²) in [4.78, 5) is 0. The molecule has 0 bridgehead atoms. The monoisotopic (exact) mass is 246 g/mol. The van der Waals surface area contributed by atoms with E-state index < -0.39 is 0 Å². The summed E-state index contributed by atoms with van der Waals surface area (Å²) in [6, 6.07) is 13.1. The van der Waals surface area contributed by atoms with Crippen molar-refractivity contribution in [2.24, 2.45) is 0 Å². The van der Waals surface area contributed by atoms with E-state index in [0.717, 1.165) is 22.6 Å². The third-order valence-electron chi connectivity index (χ3n) is 2.92. The number of hydrogen-bond donors (Lipinski definition) is 2. The second kappa shape index (κ2) is 4.04. The van der Waals surface area contributed by atoms with Crippen LogP contribution in [-0.4, -0.2) is 0 Å². The van der Waals surface area contributed by atoms with Crippen molar-refractivity contribution in [2.45, 2.75) is 6.54 Å². The summed E-state index contributed by atoms with van der Waals surface area (Å²) in [6.07, 6.45) is 0. The minimum absolute atomic E-state index is 0.120. The molecule has 3 nitrogen and oxygen atoms in total. The molecule has 17 heavy (non-hydrogen) atoms. The Balaban J connectivity index is 2.13. The van der Waals surface area contributed by atoms with Crippen LogP contribution in [0.2, 0.25) is 5.02 Å². The van der Waals surface area contributed by atoms with Crippen LogP contribution in [-0.2, 0) is 6.54 Å². The Bertz CT molecular complexity index is 571. The SMILES string of the molecule is [O-][NH+]1Cc2cc(Cl)ccc2Nc2ccccc21. The minimum Gasteiger partial charge on any atom is -0.629 e. The molecule has 0 saturated heterocycles. The molecule has 1 heterocycles. The van der Waals surface area contributed by atoms with Crippen molar-refractivity contribution in [3.05, 3.63) is 58.3 Å². The molecule has 0 radical (unpaired) electrons. The maximum absolute atomic E-state index is 12.1. The van der Waals surface area contributed by atoms with E-state index in [-0.39, 0.29) is 5.06 Å². The van der Waals surface area contributed by atoms with Gasteiger partial charge in [-0.1, -0.05) is 23.7 Å². The van der Waals surface area contributed by atoms with Crippen LogP contribution < -0.4 is 10.4 Å². The lowest BCUT2D eigenvalue weighted by Crippen LogP contribution is -3.00. The lowest BCUT2D eigenvalue weighted by Gasteiger charge is -2.21. The predicted octanol–water partition coefficient (Wildman–Crippen LogP) is 2.61. The van der Waals surface area contributed by atoms with Gasteiger partial charge in [0.25, 0.3) is 0 Å². The molecule has 0 aliphatic carbocycles. The van der Waals surface area contributed by atoms with Crippen molar-refractivity contribution in [3.8, 4) is 0 Å². The van der Waals surface area contributed by atoms with Crippen LogP contribution in [0.25, 0.3) is 0 Å². The smallest absolute Gasteiger partial charge is 0.155 e. The first-order chi connectivity index (χ1) is 8.24. The lowest BCUT2D eigenvalue weighted by atomic mass is 10.2. The van der Waals surface area contributed by atoms with Gasteiger partial charge in [0.05, 0.1) is 0 Å². The Hall–Kier alpha value is -1.55. The van der Waals surface area contributed by atoms with Gasteiger partial charge in [-0.2, -0.15) is 0 Å². The normalized spacial score (nSPS) is 17.6. The van der Waals surface area contributed by atoms with Crippen LogP contribution >= 0.6 is 11.6 Å². The third kappa shape index (κ3) is 1.89. The van der Waals surface area contributed by atoms with Gasteiger partial charge in [-0.3, -0.25) is 0 Å². The summed E-state index contributed by atoms with van der Waals surface area (Å²) >= 11 is 5.95. The van der Waals surface area contributed by atoms with Gasteiger partial charge >= 0.3 is 0 Å². The number of quaternary nitrogens is 1. The van der Waals surface area contributed by atoms with Crippen LogP contribution in [0.15, 0.2) is 42.5 Å². The Morgan fingerprint density at radius 3 is 2.82 bits per heavy atom. The molecule has 86 valence electrons. The summed E-state index contributed by atoms with van der Waals surface area (Å²) in [5.41, 5.74) is 3.49. The average Bonchev–Trinajstić information content (AvgIpc) is 2.46. The topological polar surface area (TPSA) is 39.5 Å². The van der Waals surface area contributed by atoms with Gasteiger partial charge in [0, 0.05) is 22.3 Å². The van der Waals surface area contributed by atoms with Crippen molar-refractivity contribution >= 4 is 28.7 Å². The number of anilines is 2. The molecule has 0 amide bonds. The molecule has 1 atom stereocenters. The molecule has 1 aliphatic rings. The highest BCUT2D eigenvalue weighted by atomic mass is 35.5. The number of hydroxylamine groups is 1. The maximum atomic E-state index is 12.1. The van der Waals surface area contributed by atoms with E-state index in [1.165, 1.54) is 0 Å². The van der Waals surface area contributed by atoms with E-state index in [1.807, 2.05) is 42.5 Å². The standard InChI is InChI=1S/C13H11ClN2O/c14-10-5-6-11-9(7-10)8-16(17)13-4-2-1-3-12(13)15-11/h1-7,15-16H,8H2. The fourth-order valence-corrected chi connectivity index (χ4v) is 2.27. The molecule has 1 unspecified atom stereocenters. The fraction of sp³-hybridized carbons (Fsp3) is 0.0769. The quantitative estimate of drug-likeness (QED) is 0.702. The van der Waals surface area contributed by atoms with Crippen LogP contribution in [0.3, 0.4) is 0 Å². The van der Waals surface area contributed by atoms with E-state index in [1.54, 1.807) is 0 Å². The molecular formula is C13H11ClN2O. The molecule has 2 aromatic carbocycles. The molecule has 0 fully saturated rings. The van der Waals surface area contributed by atoms with Gasteiger partial charge in [0.1, 0.15) is 12.2 Å². The van der Waals surface area contributed by atoms with Crippen LogP contribution in [0.4, 0.5) is 17.1 Å². The second-order valence-electron chi connectivity index (χ2n) is 4.07. The summed E-state index contributed by atoms with van der Waals surface area (Å²) in [5.74, 6) is 0. The zero-order valence-electron chi connectivity index (χ0n) is 9.03. The number of fused-ring (bicyclic) bond motifs is 2. The summed E-state index contributed by atoms with van der Waals surface area (Å²) in [5, 5.41) is 16.2. The van der Waals surface area contributed by atoms with Gasteiger partial charge in [0.15, 0.2) is 5.69 Å². The number of halogens is 1. The highest BCUT2D eigenvalue weighted by molar-refractivity contribution is 6.30. The van der Waals surface area contributed by atoms with Gasteiger partial charge in [0.2, 0.25) is 0 Å². The maximum Gasteiger partial charge on any atom is 0.155 e. The molecule has 2 aromatic rings. The summed E-state index contributed by atoms with van der Waals surface area (Å²) in [6.45, 7) is 0.389. The largest absolute Gasteiger partial charge is 0.629 e. The zero-order valence-corrected chi connectivity index (χ0v) is 9.79. The first-order valence-electron chi connectivity index (χ1n) is 5.42. The van der Waals surface area contributed by atoms with E-state index in [0.29, 0.717) is 11.6 Å². The van der Waals surface area contributed by atoms with Gasteiger partial charge in [-0.25, -0.2) is 0 Å². The zero-order chi connectivity index (χ0) is 11.8. The summed E-state index contributed by atoms with van der Waals surface area (Å²) in [7, 11) is 0. The van der Waals surface area contributed by atoms with Crippen LogP contribution in [0.5, 0.6) is 0 Å². The first-order valence-corrected chi connectivity index (χ1v) is 5.79. The Kier molecular flexibility index (Phi) is 2.52. The van der Waals surface area contributed by atoms with E-state index in [2.05, 4.69) is 5.32 Å². The van der Waals surface area contributed by atoms with Gasteiger partial charge in [-0.15, -0.1) is 0 Å². The van der Waals surface area contributed by atoms with Crippen LogP contribution in [0.1, 0.15) is 5.56 Å². The van der Waals surface area contributed by atoms with Crippen molar-refractivity contribution in [2.75, 3.05) is 5.32 Å². The first kappa shape index (κ1) is 10.6. The fourth-order valence-electron chi connectivity index (χ4n) is 2.08. The van der Waals surface area contributed by atoms with Crippen LogP contribution in [0, 0.1) is 5.21 Å². The molecule has 0 spiro atoms. The molecule has 0 aromatic heterocycles. The molecule has 4 heteroatoms.